The Morgan fingerprint density at radius 3 is 2.56 bits per heavy atom. The SMILES string of the molecule is Cc1cccnc1C(N)Cc1ccccc1. The van der Waals surface area contributed by atoms with Gasteiger partial charge in [-0.3, -0.25) is 4.98 Å². The number of benzene rings is 1. The molecule has 82 valence electrons. The lowest BCUT2D eigenvalue weighted by Gasteiger charge is -2.13. The van der Waals surface area contributed by atoms with E-state index in [4.69, 9.17) is 5.73 Å². The summed E-state index contributed by atoms with van der Waals surface area (Å²) in [5, 5.41) is 0. The van der Waals surface area contributed by atoms with E-state index in [1.807, 2.05) is 37.3 Å². The summed E-state index contributed by atoms with van der Waals surface area (Å²) in [5.41, 5.74) is 9.57. The molecule has 1 heterocycles. The summed E-state index contributed by atoms with van der Waals surface area (Å²) in [5.74, 6) is 0. The van der Waals surface area contributed by atoms with Crippen molar-refractivity contribution < 1.29 is 0 Å². The molecule has 2 nitrogen and oxygen atoms in total. The smallest absolute Gasteiger partial charge is 0.0603 e. The third-order valence-corrected chi connectivity index (χ3v) is 2.70. The summed E-state index contributed by atoms with van der Waals surface area (Å²) in [6.07, 6.45) is 2.63. The lowest BCUT2D eigenvalue weighted by Crippen LogP contribution is -2.16. The van der Waals surface area contributed by atoms with E-state index in [-0.39, 0.29) is 6.04 Å². The quantitative estimate of drug-likeness (QED) is 0.849. The highest BCUT2D eigenvalue weighted by Gasteiger charge is 2.10. The summed E-state index contributed by atoms with van der Waals surface area (Å²) in [6, 6.07) is 14.2. The van der Waals surface area contributed by atoms with Gasteiger partial charge in [0.1, 0.15) is 0 Å². The molecule has 0 bridgehead atoms. The second-order valence-corrected chi connectivity index (χ2v) is 4.00. The Morgan fingerprint density at radius 2 is 1.88 bits per heavy atom. The number of hydrogen-bond acceptors (Lipinski definition) is 2. The average Bonchev–Trinajstić information content (AvgIpc) is 2.31. The molecule has 2 N–H and O–H groups in total. The minimum atomic E-state index is -0.0244. The molecule has 1 aromatic carbocycles. The second-order valence-electron chi connectivity index (χ2n) is 4.00. The first-order valence-corrected chi connectivity index (χ1v) is 5.48. The molecule has 0 aliphatic heterocycles. The van der Waals surface area contributed by atoms with Gasteiger partial charge in [-0.05, 0) is 30.5 Å². The van der Waals surface area contributed by atoms with Gasteiger partial charge in [-0.25, -0.2) is 0 Å². The van der Waals surface area contributed by atoms with Gasteiger partial charge in [0.05, 0.1) is 11.7 Å². The highest BCUT2D eigenvalue weighted by molar-refractivity contribution is 5.24. The van der Waals surface area contributed by atoms with Crippen molar-refractivity contribution in [3.63, 3.8) is 0 Å². The molecule has 0 radical (unpaired) electrons. The van der Waals surface area contributed by atoms with E-state index in [0.29, 0.717) is 0 Å². The first kappa shape index (κ1) is 10.8. The molecule has 0 fully saturated rings. The molecular formula is C14H16N2. The second kappa shape index (κ2) is 4.90. The van der Waals surface area contributed by atoms with Gasteiger partial charge in [0.15, 0.2) is 0 Å². The van der Waals surface area contributed by atoms with Crippen LogP contribution in [0.3, 0.4) is 0 Å². The molecular weight excluding hydrogens is 196 g/mol. The maximum Gasteiger partial charge on any atom is 0.0603 e. The Morgan fingerprint density at radius 1 is 1.12 bits per heavy atom. The number of aryl methyl sites for hydroxylation is 1. The predicted molar refractivity (Wildman–Crippen MR) is 66.0 cm³/mol. The maximum absolute atomic E-state index is 6.17. The third-order valence-electron chi connectivity index (χ3n) is 2.70. The highest BCUT2D eigenvalue weighted by Crippen LogP contribution is 2.16. The zero-order valence-electron chi connectivity index (χ0n) is 9.43. The molecule has 0 aliphatic carbocycles. The molecule has 2 heteroatoms. The molecule has 1 aromatic heterocycles. The van der Waals surface area contributed by atoms with Crippen molar-refractivity contribution in [1.82, 2.24) is 4.98 Å². The zero-order chi connectivity index (χ0) is 11.4. The largest absolute Gasteiger partial charge is 0.322 e. The fourth-order valence-electron chi connectivity index (χ4n) is 1.85. The van der Waals surface area contributed by atoms with Crippen LogP contribution in [0.15, 0.2) is 48.7 Å². The summed E-state index contributed by atoms with van der Waals surface area (Å²) in [6.45, 7) is 2.05. The fraction of sp³-hybridized carbons (Fsp3) is 0.214. The number of pyridine rings is 1. The maximum atomic E-state index is 6.17. The first-order chi connectivity index (χ1) is 7.77. The first-order valence-electron chi connectivity index (χ1n) is 5.48. The van der Waals surface area contributed by atoms with E-state index in [0.717, 1.165) is 17.7 Å². The number of nitrogens with zero attached hydrogens (tertiary/aromatic N) is 1. The van der Waals surface area contributed by atoms with E-state index < -0.39 is 0 Å². The van der Waals surface area contributed by atoms with Crippen molar-refractivity contribution in [3.05, 3.63) is 65.5 Å². The molecule has 0 saturated carbocycles. The lowest BCUT2D eigenvalue weighted by molar-refractivity contribution is 0.690. The van der Waals surface area contributed by atoms with Gasteiger partial charge >= 0.3 is 0 Å². The standard InChI is InChI=1S/C14H16N2/c1-11-6-5-9-16-14(11)13(15)10-12-7-3-2-4-8-12/h2-9,13H,10,15H2,1H3. The van der Waals surface area contributed by atoms with Crippen LogP contribution in [-0.4, -0.2) is 4.98 Å². The van der Waals surface area contributed by atoms with Crippen LogP contribution in [-0.2, 0) is 6.42 Å². The predicted octanol–water partition coefficient (Wildman–Crippen LogP) is 2.63. The van der Waals surface area contributed by atoms with Crippen molar-refractivity contribution in [3.8, 4) is 0 Å². The van der Waals surface area contributed by atoms with Crippen LogP contribution in [0.2, 0.25) is 0 Å². The number of hydrogen-bond donors (Lipinski definition) is 1. The molecule has 16 heavy (non-hydrogen) atoms. The van der Waals surface area contributed by atoms with E-state index in [1.165, 1.54) is 5.56 Å². The zero-order valence-corrected chi connectivity index (χ0v) is 9.43. The van der Waals surface area contributed by atoms with Crippen molar-refractivity contribution in [2.24, 2.45) is 5.73 Å². The van der Waals surface area contributed by atoms with Crippen molar-refractivity contribution >= 4 is 0 Å². The minimum Gasteiger partial charge on any atom is -0.322 e. The van der Waals surface area contributed by atoms with Gasteiger partial charge in [0, 0.05) is 6.20 Å². The average molecular weight is 212 g/mol. The lowest BCUT2D eigenvalue weighted by atomic mass is 10.0. The summed E-state index contributed by atoms with van der Waals surface area (Å²) in [7, 11) is 0. The van der Waals surface area contributed by atoms with Crippen LogP contribution in [0.5, 0.6) is 0 Å². The highest BCUT2D eigenvalue weighted by atomic mass is 14.8. The number of aromatic nitrogens is 1. The van der Waals surface area contributed by atoms with Crippen LogP contribution in [0, 0.1) is 6.92 Å². The monoisotopic (exact) mass is 212 g/mol. The van der Waals surface area contributed by atoms with Crippen LogP contribution in [0.1, 0.15) is 22.9 Å². The summed E-state index contributed by atoms with van der Waals surface area (Å²) >= 11 is 0. The van der Waals surface area contributed by atoms with Crippen LogP contribution in [0.4, 0.5) is 0 Å². The van der Waals surface area contributed by atoms with Gasteiger partial charge in [-0.2, -0.15) is 0 Å². The third kappa shape index (κ3) is 2.47. The van der Waals surface area contributed by atoms with Gasteiger partial charge in [0.25, 0.3) is 0 Å². The summed E-state index contributed by atoms with van der Waals surface area (Å²) < 4.78 is 0. The molecule has 0 amide bonds. The van der Waals surface area contributed by atoms with E-state index in [9.17, 15) is 0 Å². The van der Waals surface area contributed by atoms with Gasteiger partial charge in [-0.1, -0.05) is 36.4 Å². The van der Waals surface area contributed by atoms with Gasteiger partial charge in [0.2, 0.25) is 0 Å². The molecule has 1 atom stereocenters. The molecule has 2 rings (SSSR count). The van der Waals surface area contributed by atoms with Gasteiger partial charge < -0.3 is 5.73 Å². The Hall–Kier alpha value is -1.67. The van der Waals surface area contributed by atoms with E-state index in [1.54, 1.807) is 6.20 Å². The van der Waals surface area contributed by atoms with Crippen LogP contribution < -0.4 is 5.73 Å². The molecule has 1 unspecified atom stereocenters. The number of rotatable bonds is 3. The van der Waals surface area contributed by atoms with Crippen LogP contribution in [0.25, 0.3) is 0 Å². The normalized spacial score (nSPS) is 12.4. The Labute approximate surface area is 96.1 Å². The fourth-order valence-corrected chi connectivity index (χ4v) is 1.85. The Balaban J connectivity index is 2.15. The van der Waals surface area contributed by atoms with Crippen LogP contribution >= 0.6 is 0 Å². The number of nitrogens with two attached hydrogens (primary N) is 1. The molecule has 0 aliphatic rings. The topological polar surface area (TPSA) is 38.9 Å². The molecule has 2 aromatic rings. The van der Waals surface area contributed by atoms with Crippen molar-refractivity contribution in [2.75, 3.05) is 0 Å². The van der Waals surface area contributed by atoms with Gasteiger partial charge in [-0.15, -0.1) is 0 Å². The summed E-state index contributed by atoms with van der Waals surface area (Å²) in [4.78, 5) is 4.35. The van der Waals surface area contributed by atoms with Crippen molar-refractivity contribution in [2.45, 2.75) is 19.4 Å². The van der Waals surface area contributed by atoms with Crippen molar-refractivity contribution in [1.29, 1.82) is 0 Å². The van der Waals surface area contributed by atoms with E-state index >= 15 is 0 Å². The Bertz CT molecular complexity index is 451. The Kier molecular flexibility index (Phi) is 3.32. The van der Waals surface area contributed by atoms with E-state index in [2.05, 4.69) is 17.1 Å². The minimum absolute atomic E-state index is 0.0244. The molecule has 0 spiro atoms. The molecule has 0 saturated heterocycles.